The number of nitrogens with zero attached hydrogens (tertiary/aromatic N) is 1. The van der Waals surface area contributed by atoms with Crippen molar-refractivity contribution in [3.63, 3.8) is 0 Å². The molecule has 0 spiro atoms. The van der Waals surface area contributed by atoms with Crippen molar-refractivity contribution in [1.29, 1.82) is 0 Å². The summed E-state index contributed by atoms with van der Waals surface area (Å²) in [5.74, 6) is 0.0754. The molecule has 2 rings (SSSR count). The van der Waals surface area contributed by atoms with Gasteiger partial charge in [0.1, 0.15) is 0 Å². The van der Waals surface area contributed by atoms with Crippen LogP contribution in [-0.2, 0) is 11.2 Å². The van der Waals surface area contributed by atoms with Gasteiger partial charge in [-0.1, -0.05) is 24.3 Å². The van der Waals surface area contributed by atoms with E-state index in [1.807, 2.05) is 45.3 Å². The summed E-state index contributed by atoms with van der Waals surface area (Å²) < 4.78 is 0. The van der Waals surface area contributed by atoms with E-state index in [1.165, 1.54) is 5.56 Å². The molecule has 112 valence electrons. The Hall–Kier alpha value is -1.65. The number of hydrogen-bond donors (Lipinski definition) is 1. The number of carbonyl (C=O) groups is 1. The van der Waals surface area contributed by atoms with E-state index in [0.717, 1.165) is 11.1 Å². The van der Waals surface area contributed by atoms with Crippen molar-refractivity contribution >= 4 is 17.2 Å². The highest BCUT2D eigenvalue weighted by molar-refractivity contribution is 7.07. The van der Waals surface area contributed by atoms with Crippen molar-refractivity contribution in [2.75, 3.05) is 20.6 Å². The zero-order valence-corrected chi connectivity index (χ0v) is 13.6. The molecule has 0 saturated carbocycles. The van der Waals surface area contributed by atoms with Gasteiger partial charge in [-0.25, -0.2) is 0 Å². The Balaban J connectivity index is 1.92. The van der Waals surface area contributed by atoms with E-state index >= 15 is 0 Å². The largest absolute Gasteiger partial charge is 0.354 e. The van der Waals surface area contributed by atoms with Gasteiger partial charge in [0, 0.05) is 6.54 Å². The van der Waals surface area contributed by atoms with Crippen LogP contribution in [0.1, 0.15) is 22.7 Å². The molecule has 0 saturated heterocycles. The molecule has 0 bridgehead atoms. The minimum atomic E-state index is 0.0754. The van der Waals surface area contributed by atoms with Gasteiger partial charge in [-0.3, -0.25) is 4.79 Å². The number of thiophene rings is 1. The highest BCUT2D eigenvalue weighted by Gasteiger charge is 2.15. The van der Waals surface area contributed by atoms with Crippen LogP contribution in [0.5, 0.6) is 0 Å². The van der Waals surface area contributed by atoms with E-state index in [2.05, 4.69) is 27.0 Å². The van der Waals surface area contributed by atoms with Gasteiger partial charge in [0.15, 0.2) is 0 Å². The van der Waals surface area contributed by atoms with E-state index in [0.29, 0.717) is 13.0 Å². The standard InChI is InChI=1S/C17H22N2OS/c1-13-6-4-5-7-14(13)10-17(20)18-11-16(19(2)3)15-8-9-21-12-15/h4-9,12,16H,10-11H2,1-3H3,(H,18,20)/t16-/m1/s1. The summed E-state index contributed by atoms with van der Waals surface area (Å²) in [5, 5.41) is 7.26. The molecule has 2 aromatic rings. The van der Waals surface area contributed by atoms with Gasteiger partial charge in [0.05, 0.1) is 12.5 Å². The molecule has 0 aliphatic rings. The average molecular weight is 302 g/mol. The lowest BCUT2D eigenvalue weighted by Crippen LogP contribution is -2.35. The molecule has 0 unspecified atom stereocenters. The molecule has 3 nitrogen and oxygen atoms in total. The normalized spacial score (nSPS) is 12.4. The van der Waals surface area contributed by atoms with Gasteiger partial charge < -0.3 is 10.2 Å². The fourth-order valence-corrected chi connectivity index (χ4v) is 3.02. The first-order valence-electron chi connectivity index (χ1n) is 7.07. The Morgan fingerprint density at radius 1 is 1.29 bits per heavy atom. The third-order valence-electron chi connectivity index (χ3n) is 3.66. The topological polar surface area (TPSA) is 32.3 Å². The van der Waals surface area contributed by atoms with Crippen molar-refractivity contribution in [2.45, 2.75) is 19.4 Å². The van der Waals surface area contributed by atoms with Gasteiger partial charge in [-0.2, -0.15) is 11.3 Å². The van der Waals surface area contributed by atoms with E-state index < -0.39 is 0 Å². The summed E-state index contributed by atoms with van der Waals surface area (Å²) in [6.45, 7) is 2.67. The minimum Gasteiger partial charge on any atom is -0.354 e. The maximum absolute atomic E-state index is 12.1. The van der Waals surface area contributed by atoms with Crippen LogP contribution in [0.3, 0.4) is 0 Å². The molecule has 21 heavy (non-hydrogen) atoms. The first-order valence-corrected chi connectivity index (χ1v) is 8.02. The van der Waals surface area contributed by atoms with E-state index in [9.17, 15) is 4.79 Å². The fourth-order valence-electron chi connectivity index (χ4n) is 2.32. The molecule has 1 N–H and O–H groups in total. The Morgan fingerprint density at radius 3 is 2.67 bits per heavy atom. The van der Waals surface area contributed by atoms with Crippen LogP contribution < -0.4 is 5.32 Å². The third-order valence-corrected chi connectivity index (χ3v) is 4.36. The van der Waals surface area contributed by atoms with Crippen molar-refractivity contribution in [1.82, 2.24) is 10.2 Å². The Kier molecular flexibility index (Phi) is 5.53. The van der Waals surface area contributed by atoms with E-state index in [-0.39, 0.29) is 11.9 Å². The molecule has 1 amide bonds. The molecule has 1 atom stereocenters. The van der Waals surface area contributed by atoms with Crippen molar-refractivity contribution in [3.05, 3.63) is 57.8 Å². The molecule has 1 aromatic heterocycles. The summed E-state index contributed by atoms with van der Waals surface area (Å²) in [7, 11) is 4.08. The number of amides is 1. The number of likely N-dealkylation sites (N-methyl/N-ethyl adjacent to an activating group) is 1. The lowest BCUT2D eigenvalue weighted by Gasteiger charge is -2.24. The van der Waals surface area contributed by atoms with Crippen LogP contribution in [0.2, 0.25) is 0 Å². The number of aryl methyl sites for hydroxylation is 1. The maximum Gasteiger partial charge on any atom is 0.224 e. The van der Waals surface area contributed by atoms with Crippen LogP contribution >= 0.6 is 11.3 Å². The zero-order valence-electron chi connectivity index (χ0n) is 12.8. The predicted octanol–water partition coefficient (Wildman–Crippen LogP) is 3.02. The predicted molar refractivity (Wildman–Crippen MR) is 88.6 cm³/mol. The lowest BCUT2D eigenvalue weighted by molar-refractivity contribution is -0.120. The molecule has 0 aliphatic heterocycles. The second-order valence-electron chi connectivity index (χ2n) is 5.44. The third kappa shape index (κ3) is 4.41. The first kappa shape index (κ1) is 15.7. The Bertz CT molecular complexity index is 578. The minimum absolute atomic E-state index is 0.0754. The monoisotopic (exact) mass is 302 g/mol. The van der Waals surface area contributed by atoms with Gasteiger partial charge in [0.2, 0.25) is 5.91 Å². The Morgan fingerprint density at radius 2 is 2.05 bits per heavy atom. The molecule has 1 heterocycles. The van der Waals surface area contributed by atoms with Gasteiger partial charge in [-0.05, 0) is 54.5 Å². The first-order chi connectivity index (χ1) is 10.1. The van der Waals surface area contributed by atoms with Crippen molar-refractivity contribution in [3.8, 4) is 0 Å². The average Bonchev–Trinajstić information content (AvgIpc) is 2.95. The highest BCUT2D eigenvalue weighted by Crippen LogP contribution is 2.20. The van der Waals surface area contributed by atoms with Crippen LogP contribution in [0.4, 0.5) is 0 Å². The van der Waals surface area contributed by atoms with Gasteiger partial charge in [-0.15, -0.1) is 0 Å². The quantitative estimate of drug-likeness (QED) is 0.889. The maximum atomic E-state index is 12.1. The molecule has 1 aromatic carbocycles. The number of nitrogens with one attached hydrogen (secondary N) is 1. The van der Waals surface area contributed by atoms with Crippen molar-refractivity contribution in [2.24, 2.45) is 0 Å². The molecule has 0 aliphatic carbocycles. The summed E-state index contributed by atoms with van der Waals surface area (Å²) in [4.78, 5) is 14.3. The smallest absolute Gasteiger partial charge is 0.224 e. The van der Waals surface area contributed by atoms with Crippen LogP contribution in [0, 0.1) is 6.92 Å². The molecule has 0 radical (unpaired) electrons. The second kappa shape index (κ2) is 7.38. The molecule has 0 fully saturated rings. The van der Waals surface area contributed by atoms with Crippen molar-refractivity contribution < 1.29 is 4.79 Å². The fraction of sp³-hybridized carbons (Fsp3) is 0.353. The second-order valence-corrected chi connectivity index (χ2v) is 6.22. The van der Waals surface area contributed by atoms with Crippen LogP contribution in [0.15, 0.2) is 41.1 Å². The van der Waals surface area contributed by atoms with E-state index in [4.69, 9.17) is 0 Å². The number of rotatable bonds is 6. The summed E-state index contributed by atoms with van der Waals surface area (Å²) in [5.41, 5.74) is 3.50. The number of carbonyl (C=O) groups excluding carboxylic acids is 1. The zero-order chi connectivity index (χ0) is 15.2. The summed E-state index contributed by atoms with van der Waals surface area (Å²) in [6, 6.07) is 10.4. The number of hydrogen-bond acceptors (Lipinski definition) is 3. The highest BCUT2D eigenvalue weighted by atomic mass is 32.1. The molecular weight excluding hydrogens is 280 g/mol. The SMILES string of the molecule is Cc1ccccc1CC(=O)NC[C@H](c1ccsc1)N(C)C. The summed E-state index contributed by atoms with van der Waals surface area (Å²) >= 11 is 1.68. The lowest BCUT2D eigenvalue weighted by atomic mass is 10.1. The summed E-state index contributed by atoms with van der Waals surface area (Å²) in [6.07, 6.45) is 0.441. The number of benzene rings is 1. The van der Waals surface area contributed by atoms with E-state index in [1.54, 1.807) is 11.3 Å². The van der Waals surface area contributed by atoms with Gasteiger partial charge >= 0.3 is 0 Å². The van der Waals surface area contributed by atoms with Gasteiger partial charge in [0.25, 0.3) is 0 Å². The molecule has 4 heteroatoms. The van der Waals surface area contributed by atoms with Crippen LogP contribution in [0.25, 0.3) is 0 Å². The van der Waals surface area contributed by atoms with Crippen LogP contribution in [-0.4, -0.2) is 31.4 Å². The Labute approximate surface area is 130 Å². The molecular formula is C17H22N2OS.